The van der Waals surface area contributed by atoms with Gasteiger partial charge in [0, 0.05) is 17.0 Å². The highest BCUT2D eigenvalue weighted by molar-refractivity contribution is 7.98. The topological polar surface area (TPSA) is 12.0 Å². The highest BCUT2D eigenvalue weighted by atomic mass is 32.2. The van der Waals surface area contributed by atoms with Crippen molar-refractivity contribution in [3.8, 4) is 0 Å². The zero-order chi connectivity index (χ0) is 15.7. The largest absolute Gasteiger partial charge is 0.307 e. The Balaban J connectivity index is 2.02. The second-order valence-corrected chi connectivity index (χ2v) is 9.15. The minimum absolute atomic E-state index is 0.426. The molecule has 0 saturated heterocycles. The average Bonchev–Trinajstić information content (AvgIpc) is 2.35. The Labute approximate surface area is 135 Å². The highest BCUT2D eigenvalue weighted by Gasteiger charge is 2.38. The van der Waals surface area contributed by atoms with Gasteiger partial charge in [-0.1, -0.05) is 39.8 Å². The molecule has 0 heterocycles. The van der Waals surface area contributed by atoms with E-state index in [1.54, 1.807) is 11.8 Å². The van der Waals surface area contributed by atoms with E-state index in [0.717, 1.165) is 0 Å². The molecule has 0 amide bonds. The van der Waals surface area contributed by atoms with Crippen LogP contribution in [-0.2, 0) is 0 Å². The van der Waals surface area contributed by atoms with Gasteiger partial charge in [0.05, 0.1) is 0 Å². The third kappa shape index (κ3) is 4.75. The number of rotatable bonds is 4. The van der Waals surface area contributed by atoms with Crippen molar-refractivity contribution in [3.05, 3.63) is 29.8 Å². The standard InChI is InChI=1S/C19H31NS/c1-14(15-7-9-17(21-6)10-8-15)20-16-11-18(2,3)13-19(4,5)12-16/h7-10,14,16,20H,11-13H2,1-6H3. The summed E-state index contributed by atoms with van der Waals surface area (Å²) in [5, 5.41) is 3.88. The van der Waals surface area contributed by atoms with Gasteiger partial charge in [0.25, 0.3) is 0 Å². The van der Waals surface area contributed by atoms with Gasteiger partial charge in [-0.25, -0.2) is 0 Å². The second-order valence-electron chi connectivity index (χ2n) is 8.27. The molecule has 118 valence electrons. The second kappa shape index (κ2) is 6.34. The summed E-state index contributed by atoms with van der Waals surface area (Å²) in [5.41, 5.74) is 2.29. The summed E-state index contributed by atoms with van der Waals surface area (Å²) in [5.74, 6) is 0. The molecule has 1 fully saturated rings. The number of nitrogens with one attached hydrogen (secondary N) is 1. The van der Waals surface area contributed by atoms with E-state index in [4.69, 9.17) is 0 Å². The Morgan fingerprint density at radius 1 is 1.05 bits per heavy atom. The molecule has 1 aromatic carbocycles. The monoisotopic (exact) mass is 305 g/mol. The van der Waals surface area contributed by atoms with Gasteiger partial charge >= 0.3 is 0 Å². The van der Waals surface area contributed by atoms with Crippen molar-refractivity contribution < 1.29 is 0 Å². The Kier molecular flexibility index (Phi) is 5.10. The van der Waals surface area contributed by atoms with Crippen molar-refractivity contribution in [2.75, 3.05) is 6.26 Å². The molecule has 0 spiro atoms. The Morgan fingerprint density at radius 3 is 2.05 bits per heavy atom. The van der Waals surface area contributed by atoms with Gasteiger partial charge in [0.2, 0.25) is 0 Å². The maximum Gasteiger partial charge on any atom is 0.0294 e. The predicted molar refractivity (Wildman–Crippen MR) is 95.0 cm³/mol. The molecule has 21 heavy (non-hydrogen) atoms. The SMILES string of the molecule is CSc1ccc(C(C)NC2CC(C)(C)CC(C)(C)C2)cc1. The van der Waals surface area contributed by atoms with E-state index in [-0.39, 0.29) is 0 Å². The van der Waals surface area contributed by atoms with Crippen LogP contribution >= 0.6 is 11.8 Å². The molecule has 1 unspecified atom stereocenters. The lowest BCUT2D eigenvalue weighted by Gasteiger charge is -2.46. The summed E-state index contributed by atoms with van der Waals surface area (Å²) in [6.45, 7) is 12.0. The summed E-state index contributed by atoms with van der Waals surface area (Å²) < 4.78 is 0. The van der Waals surface area contributed by atoms with E-state index in [2.05, 4.69) is 70.5 Å². The summed E-state index contributed by atoms with van der Waals surface area (Å²) in [4.78, 5) is 1.34. The van der Waals surface area contributed by atoms with E-state index in [1.165, 1.54) is 29.7 Å². The van der Waals surface area contributed by atoms with Crippen molar-refractivity contribution in [2.45, 2.75) is 70.9 Å². The first-order chi connectivity index (χ1) is 9.71. The van der Waals surface area contributed by atoms with Gasteiger partial charge in [-0.3, -0.25) is 0 Å². The lowest BCUT2D eigenvalue weighted by molar-refractivity contribution is 0.0811. The minimum atomic E-state index is 0.426. The molecule has 0 radical (unpaired) electrons. The van der Waals surface area contributed by atoms with Crippen LogP contribution in [0.4, 0.5) is 0 Å². The first-order valence-electron chi connectivity index (χ1n) is 8.11. The van der Waals surface area contributed by atoms with Crippen LogP contribution < -0.4 is 5.32 Å². The first-order valence-corrected chi connectivity index (χ1v) is 9.33. The molecule has 1 atom stereocenters. The van der Waals surface area contributed by atoms with Gasteiger partial charge < -0.3 is 5.32 Å². The molecule has 0 aromatic heterocycles. The van der Waals surface area contributed by atoms with Crippen molar-refractivity contribution >= 4 is 11.8 Å². The zero-order valence-electron chi connectivity index (χ0n) is 14.5. The van der Waals surface area contributed by atoms with E-state index >= 15 is 0 Å². The third-order valence-electron chi connectivity index (χ3n) is 4.66. The zero-order valence-corrected chi connectivity index (χ0v) is 15.3. The smallest absolute Gasteiger partial charge is 0.0294 e. The van der Waals surface area contributed by atoms with E-state index in [0.29, 0.717) is 22.9 Å². The van der Waals surface area contributed by atoms with Crippen LogP contribution in [0.3, 0.4) is 0 Å². The predicted octanol–water partition coefficient (Wildman–Crippen LogP) is 5.66. The first kappa shape index (κ1) is 16.9. The molecule has 2 heteroatoms. The summed E-state index contributed by atoms with van der Waals surface area (Å²) in [6.07, 6.45) is 6.02. The molecule has 1 saturated carbocycles. The van der Waals surface area contributed by atoms with E-state index in [1.807, 2.05) is 0 Å². The van der Waals surface area contributed by atoms with Crippen molar-refractivity contribution in [1.29, 1.82) is 0 Å². The van der Waals surface area contributed by atoms with Crippen LogP contribution in [0, 0.1) is 10.8 Å². The van der Waals surface area contributed by atoms with Gasteiger partial charge in [0.15, 0.2) is 0 Å². The number of hydrogen-bond acceptors (Lipinski definition) is 2. The Hall–Kier alpha value is -0.470. The van der Waals surface area contributed by atoms with Crippen molar-refractivity contribution in [1.82, 2.24) is 5.32 Å². The molecule has 1 aromatic rings. The number of benzene rings is 1. The lowest BCUT2D eigenvalue weighted by atomic mass is 9.63. The van der Waals surface area contributed by atoms with Crippen LogP contribution in [0.15, 0.2) is 29.2 Å². The maximum atomic E-state index is 3.88. The van der Waals surface area contributed by atoms with Crippen molar-refractivity contribution in [2.24, 2.45) is 10.8 Å². The molecule has 1 N–H and O–H groups in total. The van der Waals surface area contributed by atoms with Crippen LogP contribution in [0.2, 0.25) is 0 Å². The lowest BCUT2D eigenvalue weighted by Crippen LogP contribution is -2.44. The van der Waals surface area contributed by atoms with Gasteiger partial charge in [-0.2, -0.15) is 0 Å². The Bertz CT molecular complexity index is 445. The van der Waals surface area contributed by atoms with Crippen LogP contribution in [-0.4, -0.2) is 12.3 Å². The quantitative estimate of drug-likeness (QED) is 0.720. The van der Waals surface area contributed by atoms with Crippen LogP contribution in [0.25, 0.3) is 0 Å². The van der Waals surface area contributed by atoms with Crippen LogP contribution in [0.5, 0.6) is 0 Å². The number of thioether (sulfide) groups is 1. The molecule has 1 aliphatic rings. The summed E-state index contributed by atoms with van der Waals surface area (Å²) in [7, 11) is 0. The minimum Gasteiger partial charge on any atom is -0.307 e. The maximum absolute atomic E-state index is 3.88. The summed E-state index contributed by atoms with van der Waals surface area (Å²) in [6, 6.07) is 10.0. The molecular weight excluding hydrogens is 274 g/mol. The summed E-state index contributed by atoms with van der Waals surface area (Å²) >= 11 is 1.80. The van der Waals surface area contributed by atoms with Crippen molar-refractivity contribution in [3.63, 3.8) is 0 Å². The molecule has 2 rings (SSSR count). The normalized spacial score (nSPS) is 23.0. The Morgan fingerprint density at radius 2 is 1.57 bits per heavy atom. The molecule has 0 bridgehead atoms. The van der Waals surface area contributed by atoms with E-state index in [9.17, 15) is 0 Å². The van der Waals surface area contributed by atoms with Crippen LogP contribution in [0.1, 0.15) is 65.5 Å². The van der Waals surface area contributed by atoms with E-state index < -0.39 is 0 Å². The van der Waals surface area contributed by atoms with Gasteiger partial charge in [0.1, 0.15) is 0 Å². The van der Waals surface area contributed by atoms with Gasteiger partial charge in [-0.15, -0.1) is 11.8 Å². The third-order valence-corrected chi connectivity index (χ3v) is 5.40. The molecule has 1 nitrogen and oxygen atoms in total. The fourth-order valence-electron chi connectivity index (χ4n) is 4.31. The average molecular weight is 306 g/mol. The number of hydrogen-bond donors (Lipinski definition) is 1. The highest BCUT2D eigenvalue weighted by Crippen LogP contribution is 2.46. The fraction of sp³-hybridized carbons (Fsp3) is 0.684. The van der Waals surface area contributed by atoms with Gasteiger partial charge in [-0.05, 0) is 61.0 Å². The molecular formula is C19H31NS. The molecule has 1 aliphatic carbocycles. The molecule has 0 aliphatic heterocycles. The fourth-order valence-corrected chi connectivity index (χ4v) is 4.71.